The van der Waals surface area contributed by atoms with Crippen molar-refractivity contribution in [1.82, 2.24) is 10.2 Å². The number of carbonyl (C=O) groups excluding carboxylic acids is 1. The quantitative estimate of drug-likeness (QED) is 0.624. The fourth-order valence-corrected chi connectivity index (χ4v) is 3.03. The number of amides is 1. The summed E-state index contributed by atoms with van der Waals surface area (Å²) in [4.78, 5) is 14.5. The Morgan fingerprint density at radius 1 is 1.27 bits per heavy atom. The van der Waals surface area contributed by atoms with E-state index in [0.717, 1.165) is 50.6 Å². The van der Waals surface area contributed by atoms with Crippen molar-refractivity contribution in [1.29, 1.82) is 0 Å². The van der Waals surface area contributed by atoms with Crippen molar-refractivity contribution in [3.8, 4) is 5.75 Å². The van der Waals surface area contributed by atoms with Crippen LogP contribution in [0.15, 0.2) is 24.3 Å². The molecule has 1 aromatic rings. The number of likely N-dealkylation sites (N-methyl/N-ethyl adjacent to an activating group) is 1. The van der Waals surface area contributed by atoms with Gasteiger partial charge < -0.3 is 20.3 Å². The van der Waals surface area contributed by atoms with Gasteiger partial charge in [0.15, 0.2) is 0 Å². The average molecular weight is 406 g/mol. The predicted molar refractivity (Wildman–Crippen MR) is 113 cm³/mol. The minimum absolute atomic E-state index is 0. The number of nitrogens with zero attached hydrogens (tertiary/aromatic N) is 1. The normalized spacial score (nSPS) is 15.9. The lowest BCUT2D eigenvalue weighted by Crippen LogP contribution is -2.28. The minimum atomic E-state index is 0. The Morgan fingerprint density at radius 2 is 2.00 bits per heavy atom. The number of nitrogens with one attached hydrogen (secondary N) is 2. The second-order valence-corrected chi connectivity index (χ2v) is 6.32. The molecule has 1 heterocycles. The van der Waals surface area contributed by atoms with Crippen LogP contribution in [-0.4, -0.2) is 50.1 Å². The molecule has 7 heteroatoms. The summed E-state index contributed by atoms with van der Waals surface area (Å²) in [5.41, 5.74) is 0.770. The van der Waals surface area contributed by atoms with Gasteiger partial charge >= 0.3 is 0 Å². The second-order valence-electron chi connectivity index (χ2n) is 6.32. The number of rotatable bonds is 10. The lowest BCUT2D eigenvalue weighted by atomic mass is 10.0. The van der Waals surface area contributed by atoms with Gasteiger partial charge in [0.1, 0.15) is 12.4 Å². The number of hydrogen-bond acceptors (Lipinski definition) is 4. The summed E-state index contributed by atoms with van der Waals surface area (Å²) in [6.07, 6.45) is 2.70. The Balaban J connectivity index is 0.00000312. The van der Waals surface area contributed by atoms with Gasteiger partial charge in [0.05, 0.1) is 5.69 Å². The molecule has 0 saturated carbocycles. The standard InChI is InChI=1S/C19H31N3O2.2ClH/c1-3-22(4-2)13-14-24-18-8-6-5-7-17(18)21-19(23)10-9-16-11-12-20-15-16;;/h5-8,16,20H,3-4,9-15H2,1-2H3,(H,21,23);2*1H. The monoisotopic (exact) mass is 405 g/mol. The van der Waals surface area contributed by atoms with Gasteiger partial charge in [-0.15, -0.1) is 24.8 Å². The van der Waals surface area contributed by atoms with Crippen molar-refractivity contribution in [2.24, 2.45) is 5.92 Å². The fourth-order valence-electron chi connectivity index (χ4n) is 3.03. The number of carbonyl (C=O) groups is 1. The Kier molecular flexibility index (Phi) is 13.6. The molecule has 1 atom stereocenters. The van der Waals surface area contributed by atoms with Crippen molar-refractivity contribution in [2.45, 2.75) is 33.1 Å². The summed E-state index contributed by atoms with van der Waals surface area (Å²) < 4.78 is 5.88. The van der Waals surface area contributed by atoms with Crippen LogP contribution in [0, 0.1) is 5.92 Å². The molecule has 1 aliphatic heterocycles. The lowest BCUT2D eigenvalue weighted by molar-refractivity contribution is -0.116. The van der Waals surface area contributed by atoms with Gasteiger partial charge in [-0.25, -0.2) is 0 Å². The highest BCUT2D eigenvalue weighted by Gasteiger charge is 2.16. The van der Waals surface area contributed by atoms with E-state index in [9.17, 15) is 4.79 Å². The molecule has 26 heavy (non-hydrogen) atoms. The summed E-state index contributed by atoms with van der Waals surface area (Å²) in [5, 5.41) is 6.34. The first-order valence-corrected chi connectivity index (χ1v) is 9.17. The van der Waals surface area contributed by atoms with E-state index in [2.05, 4.69) is 29.4 Å². The van der Waals surface area contributed by atoms with Crippen molar-refractivity contribution < 1.29 is 9.53 Å². The zero-order valence-electron chi connectivity index (χ0n) is 15.8. The molecule has 1 unspecified atom stereocenters. The lowest BCUT2D eigenvalue weighted by Gasteiger charge is -2.19. The molecule has 150 valence electrons. The molecule has 0 spiro atoms. The van der Waals surface area contributed by atoms with Crippen LogP contribution < -0.4 is 15.4 Å². The predicted octanol–water partition coefficient (Wildman–Crippen LogP) is 3.58. The van der Waals surface area contributed by atoms with Crippen LogP contribution in [0.25, 0.3) is 0 Å². The zero-order valence-corrected chi connectivity index (χ0v) is 17.5. The molecule has 2 N–H and O–H groups in total. The van der Waals surface area contributed by atoms with Crippen LogP contribution in [-0.2, 0) is 4.79 Å². The summed E-state index contributed by atoms with van der Waals surface area (Å²) in [6, 6.07) is 7.68. The third kappa shape index (κ3) is 8.58. The molecule has 1 aliphatic rings. The summed E-state index contributed by atoms with van der Waals surface area (Å²) in [7, 11) is 0. The molecule has 0 bridgehead atoms. The Hall–Kier alpha value is -1.01. The molecule has 1 amide bonds. The van der Waals surface area contributed by atoms with Crippen LogP contribution in [0.4, 0.5) is 5.69 Å². The van der Waals surface area contributed by atoms with E-state index >= 15 is 0 Å². The third-order valence-electron chi connectivity index (χ3n) is 4.66. The van der Waals surface area contributed by atoms with E-state index in [-0.39, 0.29) is 30.7 Å². The molecule has 1 fully saturated rings. The van der Waals surface area contributed by atoms with Gasteiger partial charge in [-0.3, -0.25) is 4.79 Å². The van der Waals surface area contributed by atoms with Gasteiger partial charge in [0.2, 0.25) is 5.91 Å². The first-order valence-electron chi connectivity index (χ1n) is 9.17. The van der Waals surface area contributed by atoms with Crippen LogP contribution in [0.5, 0.6) is 5.75 Å². The van der Waals surface area contributed by atoms with Gasteiger partial charge in [0, 0.05) is 13.0 Å². The maximum absolute atomic E-state index is 12.2. The average Bonchev–Trinajstić information content (AvgIpc) is 3.12. The van der Waals surface area contributed by atoms with Gasteiger partial charge in [-0.2, -0.15) is 0 Å². The van der Waals surface area contributed by atoms with Crippen molar-refractivity contribution in [3.63, 3.8) is 0 Å². The van der Waals surface area contributed by atoms with Crippen LogP contribution in [0.1, 0.15) is 33.1 Å². The highest BCUT2D eigenvalue weighted by atomic mass is 35.5. The molecule has 5 nitrogen and oxygen atoms in total. The van der Waals surface area contributed by atoms with Crippen LogP contribution in [0.3, 0.4) is 0 Å². The molecule has 1 saturated heterocycles. The van der Waals surface area contributed by atoms with Gasteiger partial charge in [0.25, 0.3) is 0 Å². The molecule has 0 aromatic heterocycles. The van der Waals surface area contributed by atoms with E-state index in [4.69, 9.17) is 4.74 Å². The molecule has 1 aromatic carbocycles. The van der Waals surface area contributed by atoms with E-state index < -0.39 is 0 Å². The van der Waals surface area contributed by atoms with Gasteiger partial charge in [-0.05, 0) is 57.1 Å². The van der Waals surface area contributed by atoms with Gasteiger partial charge in [-0.1, -0.05) is 26.0 Å². The highest BCUT2D eigenvalue weighted by Crippen LogP contribution is 2.24. The summed E-state index contributed by atoms with van der Waals surface area (Å²) in [5.74, 6) is 1.46. The Bertz CT molecular complexity index is 507. The fraction of sp³-hybridized carbons (Fsp3) is 0.632. The zero-order chi connectivity index (χ0) is 17.2. The molecular formula is C19H33Cl2N3O2. The van der Waals surface area contributed by atoms with E-state index in [0.29, 0.717) is 18.9 Å². The van der Waals surface area contributed by atoms with E-state index in [1.165, 1.54) is 6.42 Å². The molecular weight excluding hydrogens is 373 g/mol. The molecule has 2 rings (SSSR count). The summed E-state index contributed by atoms with van der Waals surface area (Å²) >= 11 is 0. The largest absolute Gasteiger partial charge is 0.490 e. The van der Waals surface area contributed by atoms with Crippen LogP contribution in [0.2, 0.25) is 0 Å². The Morgan fingerprint density at radius 3 is 2.65 bits per heavy atom. The number of anilines is 1. The summed E-state index contributed by atoms with van der Waals surface area (Å²) in [6.45, 7) is 9.98. The number of halogens is 2. The van der Waals surface area contributed by atoms with Crippen LogP contribution >= 0.6 is 24.8 Å². The number of para-hydroxylation sites is 2. The highest BCUT2D eigenvalue weighted by molar-refractivity contribution is 5.92. The first-order chi connectivity index (χ1) is 11.7. The van der Waals surface area contributed by atoms with E-state index in [1.807, 2.05) is 24.3 Å². The van der Waals surface area contributed by atoms with Crippen molar-refractivity contribution >= 4 is 36.4 Å². The number of ether oxygens (including phenoxy) is 1. The maximum atomic E-state index is 12.2. The molecule has 0 aliphatic carbocycles. The van der Waals surface area contributed by atoms with Crippen molar-refractivity contribution in [3.05, 3.63) is 24.3 Å². The minimum Gasteiger partial charge on any atom is -0.490 e. The topological polar surface area (TPSA) is 53.6 Å². The smallest absolute Gasteiger partial charge is 0.224 e. The third-order valence-corrected chi connectivity index (χ3v) is 4.66. The molecule has 0 radical (unpaired) electrons. The Labute approximate surface area is 170 Å². The van der Waals surface area contributed by atoms with E-state index in [1.54, 1.807) is 0 Å². The second kappa shape index (κ2) is 14.1. The maximum Gasteiger partial charge on any atom is 0.224 e. The number of hydrogen-bond donors (Lipinski definition) is 2. The van der Waals surface area contributed by atoms with Crippen molar-refractivity contribution in [2.75, 3.05) is 44.6 Å². The SMILES string of the molecule is CCN(CC)CCOc1ccccc1NC(=O)CCC1CCNC1.Cl.Cl. The first kappa shape index (κ1) is 25.0. The number of benzene rings is 1.